The number of nitrogens with zero attached hydrogens (tertiary/aromatic N) is 2. The van der Waals surface area contributed by atoms with E-state index in [1.165, 1.54) is 12.1 Å². The molecule has 0 saturated heterocycles. The molecule has 0 aliphatic heterocycles. The molecule has 3 aromatic rings. The molecule has 0 bridgehead atoms. The lowest BCUT2D eigenvalue weighted by Gasteiger charge is -2.20. The molecule has 0 aliphatic rings. The van der Waals surface area contributed by atoms with E-state index in [1.807, 2.05) is 25.1 Å². The minimum atomic E-state index is -0.644. The number of anilines is 2. The van der Waals surface area contributed by atoms with Gasteiger partial charge in [-0.25, -0.2) is 9.78 Å². The fourth-order valence-electron chi connectivity index (χ4n) is 2.73. The van der Waals surface area contributed by atoms with E-state index in [9.17, 15) is 9.59 Å². The van der Waals surface area contributed by atoms with Crippen molar-refractivity contribution in [2.24, 2.45) is 0 Å². The maximum atomic E-state index is 12.8. The number of hydrogen-bond acceptors (Lipinski definition) is 5. The summed E-state index contributed by atoms with van der Waals surface area (Å²) in [5, 5.41) is 5.58. The number of hydrogen-bond donors (Lipinski definition) is 2. The SMILES string of the molecule is Cc1cc(C#Cc2cccnc2)cnc1NC(=O)c1cc(NC(=O)OC(C)(C)C)ccc1Cl. The molecule has 1 aromatic carbocycles. The highest BCUT2D eigenvalue weighted by atomic mass is 35.5. The molecule has 168 valence electrons. The van der Waals surface area contributed by atoms with Gasteiger partial charge in [-0.05, 0) is 69.7 Å². The van der Waals surface area contributed by atoms with Crippen LogP contribution in [0.1, 0.15) is 47.8 Å². The third-order valence-electron chi connectivity index (χ3n) is 4.18. The van der Waals surface area contributed by atoms with Crippen LogP contribution in [0.2, 0.25) is 5.02 Å². The van der Waals surface area contributed by atoms with E-state index in [1.54, 1.807) is 45.4 Å². The third kappa shape index (κ3) is 7.06. The smallest absolute Gasteiger partial charge is 0.412 e. The molecule has 0 radical (unpaired) electrons. The number of carbonyl (C=O) groups excluding carboxylic acids is 2. The van der Waals surface area contributed by atoms with Crippen LogP contribution in [0.5, 0.6) is 0 Å². The average Bonchev–Trinajstić information content (AvgIpc) is 2.74. The highest BCUT2D eigenvalue weighted by Crippen LogP contribution is 2.23. The Morgan fingerprint density at radius 1 is 1.03 bits per heavy atom. The number of amides is 2. The highest BCUT2D eigenvalue weighted by molar-refractivity contribution is 6.34. The van der Waals surface area contributed by atoms with E-state index in [2.05, 4.69) is 32.4 Å². The first kappa shape index (κ1) is 23.8. The first-order valence-corrected chi connectivity index (χ1v) is 10.5. The van der Waals surface area contributed by atoms with Crippen molar-refractivity contribution in [3.63, 3.8) is 0 Å². The average molecular weight is 463 g/mol. The summed E-state index contributed by atoms with van der Waals surface area (Å²) in [5.74, 6) is 5.96. The number of ether oxygens (including phenoxy) is 1. The van der Waals surface area contributed by atoms with E-state index >= 15 is 0 Å². The summed E-state index contributed by atoms with van der Waals surface area (Å²) in [5.41, 5.74) is 2.16. The molecule has 2 N–H and O–H groups in total. The molecule has 2 heterocycles. The van der Waals surface area contributed by atoms with Gasteiger partial charge in [0, 0.05) is 35.4 Å². The molecule has 2 aromatic heterocycles. The second-order valence-electron chi connectivity index (χ2n) is 8.16. The van der Waals surface area contributed by atoms with Crippen molar-refractivity contribution in [3.05, 3.63) is 82.3 Å². The molecule has 2 amide bonds. The third-order valence-corrected chi connectivity index (χ3v) is 4.51. The van der Waals surface area contributed by atoms with Gasteiger partial charge in [0.2, 0.25) is 0 Å². The molecule has 3 rings (SSSR count). The fourth-order valence-corrected chi connectivity index (χ4v) is 2.93. The van der Waals surface area contributed by atoms with E-state index < -0.39 is 17.6 Å². The lowest BCUT2D eigenvalue weighted by atomic mass is 10.1. The number of halogens is 1. The zero-order valence-electron chi connectivity index (χ0n) is 18.7. The van der Waals surface area contributed by atoms with E-state index in [4.69, 9.17) is 16.3 Å². The normalized spacial score (nSPS) is 10.6. The minimum absolute atomic E-state index is 0.187. The number of nitrogens with one attached hydrogen (secondary N) is 2. The minimum Gasteiger partial charge on any atom is -0.444 e. The van der Waals surface area contributed by atoms with E-state index in [0.717, 1.165) is 11.1 Å². The van der Waals surface area contributed by atoms with Gasteiger partial charge < -0.3 is 10.1 Å². The van der Waals surface area contributed by atoms with Gasteiger partial charge in [-0.15, -0.1) is 0 Å². The van der Waals surface area contributed by atoms with Crippen molar-refractivity contribution in [1.82, 2.24) is 9.97 Å². The molecule has 0 fully saturated rings. The Morgan fingerprint density at radius 2 is 1.79 bits per heavy atom. The second-order valence-corrected chi connectivity index (χ2v) is 8.56. The molecular weight excluding hydrogens is 440 g/mol. The lowest BCUT2D eigenvalue weighted by molar-refractivity contribution is 0.0635. The van der Waals surface area contributed by atoms with Gasteiger partial charge in [0.15, 0.2) is 0 Å². The molecule has 7 nitrogen and oxygen atoms in total. The maximum Gasteiger partial charge on any atom is 0.412 e. The van der Waals surface area contributed by atoms with Crippen LogP contribution in [0.3, 0.4) is 0 Å². The second kappa shape index (κ2) is 10.2. The zero-order chi connectivity index (χ0) is 24.0. The van der Waals surface area contributed by atoms with Crippen LogP contribution in [0.4, 0.5) is 16.3 Å². The summed E-state index contributed by atoms with van der Waals surface area (Å²) in [6.45, 7) is 7.11. The summed E-state index contributed by atoms with van der Waals surface area (Å²) in [6, 6.07) is 10.1. The number of rotatable bonds is 3. The Hall–Kier alpha value is -3.89. The van der Waals surface area contributed by atoms with Gasteiger partial charge in [0.25, 0.3) is 5.91 Å². The maximum absolute atomic E-state index is 12.8. The predicted molar refractivity (Wildman–Crippen MR) is 128 cm³/mol. The van der Waals surface area contributed by atoms with Gasteiger partial charge in [0.1, 0.15) is 11.4 Å². The van der Waals surface area contributed by atoms with Gasteiger partial charge in [-0.2, -0.15) is 0 Å². The molecule has 8 heteroatoms. The van der Waals surface area contributed by atoms with E-state index in [0.29, 0.717) is 17.1 Å². The van der Waals surface area contributed by atoms with Crippen LogP contribution in [-0.2, 0) is 4.74 Å². The van der Waals surface area contributed by atoms with Crippen molar-refractivity contribution in [2.45, 2.75) is 33.3 Å². The molecule has 0 atom stereocenters. The Labute approximate surface area is 197 Å². The van der Waals surface area contributed by atoms with Crippen LogP contribution in [0.25, 0.3) is 0 Å². The van der Waals surface area contributed by atoms with E-state index in [-0.39, 0.29) is 10.6 Å². The first-order chi connectivity index (χ1) is 15.6. The van der Waals surface area contributed by atoms with Crippen molar-refractivity contribution < 1.29 is 14.3 Å². The summed E-state index contributed by atoms with van der Waals surface area (Å²) < 4.78 is 5.23. The fraction of sp³-hybridized carbons (Fsp3) is 0.200. The Kier molecular flexibility index (Phi) is 7.31. The quantitative estimate of drug-likeness (QED) is 0.505. The molecule has 33 heavy (non-hydrogen) atoms. The standard InChI is InChI=1S/C25H23ClN4O3/c1-16-12-18(8-7-17-6-5-11-27-14-17)15-28-22(16)30-23(31)20-13-19(9-10-21(20)26)29-24(32)33-25(2,3)4/h5-6,9-15H,1-4H3,(H,29,32)(H,28,30,31). The van der Waals surface area contributed by atoms with Crippen LogP contribution >= 0.6 is 11.6 Å². The highest BCUT2D eigenvalue weighted by Gasteiger charge is 2.18. The Morgan fingerprint density at radius 3 is 2.45 bits per heavy atom. The van der Waals surface area contributed by atoms with Gasteiger partial charge in [-0.3, -0.25) is 15.1 Å². The summed E-state index contributed by atoms with van der Waals surface area (Å²) in [4.78, 5) is 33.2. The number of carbonyl (C=O) groups is 2. The van der Waals surface area contributed by atoms with Crippen molar-refractivity contribution >= 4 is 35.1 Å². The number of aryl methyl sites for hydroxylation is 1. The Bertz CT molecular complexity index is 1240. The van der Waals surface area contributed by atoms with Crippen molar-refractivity contribution in [1.29, 1.82) is 0 Å². The first-order valence-electron chi connectivity index (χ1n) is 10.1. The van der Waals surface area contributed by atoms with Crippen LogP contribution in [-0.4, -0.2) is 27.6 Å². The number of benzene rings is 1. The predicted octanol–water partition coefficient (Wildman–Crippen LogP) is 5.44. The molecule has 0 unspecified atom stereocenters. The topological polar surface area (TPSA) is 93.2 Å². The molecule has 0 spiro atoms. The summed E-state index contributed by atoms with van der Waals surface area (Å²) in [7, 11) is 0. The number of pyridine rings is 2. The molecule has 0 aliphatic carbocycles. The van der Waals surface area contributed by atoms with Gasteiger partial charge in [0.05, 0.1) is 10.6 Å². The monoisotopic (exact) mass is 462 g/mol. The summed E-state index contributed by atoms with van der Waals surface area (Å²) in [6.07, 6.45) is 4.31. The van der Waals surface area contributed by atoms with Crippen molar-refractivity contribution in [3.8, 4) is 11.8 Å². The molecule has 0 saturated carbocycles. The van der Waals surface area contributed by atoms with Gasteiger partial charge >= 0.3 is 6.09 Å². The zero-order valence-corrected chi connectivity index (χ0v) is 19.4. The van der Waals surface area contributed by atoms with Crippen LogP contribution in [0.15, 0.2) is 55.0 Å². The number of aromatic nitrogens is 2. The van der Waals surface area contributed by atoms with Gasteiger partial charge in [-0.1, -0.05) is 23.4 Å². The van der Waals surface area contributed by atoms with Crippen LogP contribution in [0, 0.1) is 18.8 Å². The summed E-state index contributed by atoms with van der Waals surface area (Å²) >= 11 is 6.22. The molecular formula is C25H23ClN4O3. The van der Waals surface area contributed by atoms with Crippen molar-refractivity contribution in [2.75, 3.05) is 10.6 Å². The van der Waals surface area contributed by atoms with Crippen LogP contribution < -0.4 is 10.6 Å². The largest absolute Gasteiger partial charge is 0.444 e. The lowest BCUT2D eigenvalue weighted by Crippen LogP contribution is -2.27. The Balaban J connectivity index is 1.73.